The van der Waals surface area contributed by atoms with E-state index >= 15 is 0 Å². The van der Waals surface area contributed by atoms with Gasteiger partial charge in [-0.25, -0.2) is 0 Å². The Hall–Kier alpha value is -1.47. The molecule has 1 aromatic rings. The van der Waals surface area contributed by atoms with Crippen LogP contribution in [0.15, 0.2) is 24.3 Å². The minimum atomic E-state index is -4.64. The first-order valence-corrected chi connectivity index (χ1v) is 10.0. The van der Waals surface area contributed by atoms with Crippen LogP contribution in [-0.4, -0.2) is 68.0 Å². The molecule has 1 atom stereocenters. The van der Waals surface area contributed by atoms with Crippen molar-refractivity contribution in [2.24, 2.45) is 5.92 Å². The fourth-order valence-electron chi connectivity index (χ4n) is 4.43. The van der Waals surface area contributed by atoms with E-state index in [0.717, 1.165) is 43.8 Å². The number of hydrogen-bond donors (Lipinski definition) is 0. The SMILES string of the molecule is FC(F)(F)Oc1ccc(N2CCN(CC3CCCN(C4CC4)C3)CC2)cc1. The molecule has 27 heavy (non-hydrogen) atoms. The molecular weight excluding hydrogens is 355 g/mol. The van der Waals surface area contributed by atoms with Crippen LogP contribution in [0.5, 0.6) is 5.75 Å². The van der Waals surface area contributed by atoms with E-state index in [1.165, 1.54) is 57.5 Å². The first kappa shape index (κ1) is 18.9. The van der Waals surface area contributed by atoms with Crippen LogP contribution in [0, 0.1) is 5.92 Å². The van der Waals surface area contributed by atoms with Crippen LogP contribution in [0.25, 0.3) is 0 Å². The maximum atomic E-state index is 12.3. The van der Waals surface area contributed by atoms with Gasteiger partial charge in [0.25, 0.3) is 0 Å². The molecule has 7 heteroatoms. The number of piperidine rings is 1. The van der Waals surface area contributed by atoms with Gasteiger partial charge >= 0.3 is 6.36 Å². The minimum Gasteiger partial charge on any atom is -0.406 e. The lowest BCUT2D eigenvalue weighted by atomic mass is 9.97. The second-order valence-corrected chi connectivity index (χ2v) is 8.06. The number of ether oxygens (including phenoxy) is 1. The van der Waals surface area contributed by atoms with Gasteiger partial charge in [0, 0.05) is 51.0 Å². The molecule has 4 rings (SSSR count). The van der Waals surface area contributed by atoms with Crippen molar-refractivity contribution in [3.05, 3.63) is 24.3 Å². The van der Waals surface area contributed by atoms with E-state index in [4.69, 9.17) is 0 Å². The minimum absolute atomic E-state index is 0.164. The second kappa shape index (κ2) is 7.87. The molecule has 0 amide bonds. The molecule has 0 radical (unpaired) electrons. The summed E-state index contributed by atoms with van der Waals surface area (Å²) in [4.78, 5) is 7.49. The number of halogens is 3. The fraction of sp³-hybridized carbons (Fsp3) is 0.700. The van der Waals surface area contributed by atoms with Crippen molar-refractivity contribution in [1.29, 1.82) is 0 Å². The van der Waals surface area contributed by atoms with Gasteiger partial charge in [-0.2, -0.15) is 0 Å². The zero-order chi connectivity index (χ0) is 18.9. The van der Waals surface area contributed by atoms with E-state index in [9.17, 15) is 13.2 Å². The summed E-state index contributed by atoms with van der Waals surface area (Å²) in [7, 11) is 0. The topological polar surface area (TPSA) is 19.0 Å². The average Bonchev–Trinajstić information content (AvgIpc) is 3.47. The molecule has 0 N–H and O–H groups in total. The standard InChI is InChI=1S/C20H28F3N3O/c21-20(22,23)27-19-7-5-17(6-8-19)25-12-10-24(11-13-25)14-16-2-1-9-26(15-16)18-3-4-18/h5-8,16,18H,1-4,9-15H2. The van der Waals surface area contributed by atoms with Crippen LogP contribution in [0.3, 0.4) is 0 Å². The lowest BCUT2D eigenvalue weighted by Gasteiger charge is -2.40. The third-order valence-corrected chi connectivity index (χ3v) is 5.94. The first-order valence-electron chi connectivity index (χ1n) is 10.0. The van der Waals surface area contributed by atoms with Gasteiger partial charge in [0.05, 0.1) is 0 Å². The average molecular weight is 383 g/mol. The van der Waals surface area contributed by atoms with Gasteiger partial charge in [0.15, 0.2) is 0 Å². The third kappa shape index (κ3) is 5.29. The Morgan fingerprint density at radius 2 is 1.63 bits per heavy atom. The summed E-state index contributed by atoms with van der Waals surface area (Å²) >= 11 is 0. The molecule has 4 nitrogen and oxygen atoms in total. The Kier molecular flexibility index (Phi) is 5.50. The smallest absolute Gasteiger partial charge is 0.406 e. The molecule has 150 valence electrons. The maximum Gasteiger partial charge on any atom is 0.573 e. The number of anilines is 1. The quantitative estimate of drug-likeness (QED) is 0.774. The summed E-state index contributed by atoms with van der Waals surface area (Å²) in [6.07, 6.45) is 0.801. The molecule has 1 saturated carbocycles. The number of benzene rings is 1. The molecule has 1 aliphatic carbocycles. The Labute approximate surface area is 158 Å². The highest BCUT2D eigenvalue weighted by Gasteiger charge is 2.33. The third-order valence-electron chi connectivity index (χ3n) is 5.94. The van der Waals surface area contributed by atoms with Crippen molar-refractivity contribution in [3.8, 4) is 5.75 Å². The van der Waals surface area contributed by atoms with Crippen molar-refractivity contribution in [2.45, 2.75) is 38.1 Å². The van der Waals surface area contributed by atoms with Gasteiger partial charge in [-0.1, -0.05) is 0 Å². The zero-order valence-electron chi connectivity index (χ0n) is 15.6. The largest absolute Gasteiger partial charge is 0.573 e. The molecule has 2 aliphatic heterocycles. The van der Waals surface area contributed by atoms with E-state index in [1.54, 1.807) is 12.1 Å². The second-order valence-electron chi connectivity index (χ2n) is 8.06. The van der Waals surface area contributed by atoms with E-state index < -0.39 is 6.36 Å². The number of nitrogens with zero attached hydrogens (tertiary/aromatic N) is 3. The van der Waals surface area contributed by atoms with Gasteiger partial charge in [-0.3, -0.25) is 4.90 Å². The molecule has 0 aromatic heterocycles. The molecule has 3 fully saturated rings. The van der Waals surface area contributed by atoms with Crippen molar-refractivity contribution in [2.75, 3.05) is 50.7 Å². The molecular formula is C20H28F3N3O. The maximum absolute atomic E-state index is 12.3. The monoisotopic (exact) mass is 383 g/mol. The molecule has 2 saturated heterocycles. The van der Waals surface area contributed by atoms with Gasteiger partial charge in [0.1, 0.15) is 5.75 Å². The summed E-state index contributed by atoms with van der Waals surface area (Å²) < 4.78 is 40.7. The lowest BCUT2D eigenvalue weighted by molar-refractivity contribution is -0.274. The number of hydrogen-bond acceptors (Lipinski definition) is 4. The number of piperazine rings is 1. The zero-order valence-corrected chi connectivity index (χ0v) is 15.6. The van der Waals surface area contributed by atoms with E-state index in [2.05, 4.69) is 19.4 Å². The Balaban J connectivity index is 1.24. The molecule has 1 aromatic carbocycles. The van der Waals surface area contributed by atoms with Crippen LogP contribution in [0.4, 0.5) is 18.9 Å². The predicted molar refractivity (Wildman–Crippen MR) is 99.1 cm³/mol. The van der Waals surface area contributed by atoms with Crippen LogP contribution >= 0.6 is 0 Å². The van der Waals surface area contributed by atoms with Crippen LogP contribution in [0.1, 0.15) is 25.7 Å². The van der Waals surface area contributed by atoms with E-state index in [-0.39, 0.29) is 5.75 Å². The Morgan fingerprint density at radius 3 is 2.26 bits per heavy atom. The number of likely N-dealkylation sites (tertiary alicyclic amines) is 1. The molecule has 2 heterocycles. The highest BCUT2D eigenvalue weighted by atomic mass is 19.4. The summed E-state index contributed by atoms with van der Waals surface area (Å²) in [6.45, 7) is 7.57. The van der Waals surface area contributed by atoms with Crippen LogP contribution in [0.2, 0.25) is 0 Å². The van der Waals surface area contributed by atoms with E-state index in [1.807, 2.05) is 0 Å². The van der Waals surface area contributed by atoms with Crippen LogP contribution < -0.4 is 9.64 Å². The molecule has 3 aliphatic rings. The lowest BCUT2D eigenvalue weighted by Crippen LogP contribution is -2.49. The van der Waals surface area contributed by atoms with Crippen molar-refractivity contribution >= 4 is 5.69 Å². The Bertz CT molecular complexity index is 610. The molecule has 1 unspecified atom stereocenters. The highest BCUT2D eigenvalue weighted by Crippen LogP contribution is 2.31. The van der Waals surface area contributed by atoms with E-state index in [0.29, 0.717) is 0 Å². The van der Waals surface area contributed by atoms with Gasteiger partial charge in [-0.05, 0) is 62.4 Å². The summed E-state index contributed by atoms with van der Waals surface area (Å²) in [5.74, 6) is 0.618. The summed E-state index contributed by atoms with van der Waals surface area (Å²) in [5, 5.41) is 0. The van der Waals surface area contributed by atoms with Crippen molar-refractivity contribution < 1.29 is 17.9 Å². The van der Waals surface area contributed by atoms with Gasteiger partial charge in [0.2, 0.25) is 0 Å². The van der Waals surface area contributed by atoms with Gasteiger partial charge in [-0.15, -0.1) is 13.2 Å². The first-order chi connectivity index (χ1) is 13.0. The number of alkyl halides is 3. The van der Waals surface area contributed by atoms with Gasteiger partial charge < -0.3 is 14.5 Å². The summed E-state index contributed by atoms with van der Waals surface area (Å²) in [6, 6.07) is 7.08. The van der Waals surface area contributed by atoms with Crippen LogP contribution in [-0.2, 0) is 0 Å². The molecule has 0 spiro atoms. The molecule has 0 bridgehead atoms. The normalized spacial score (nSPS) is 25.6. The predicted octanol–water partition coefficient (Wildman–Crippen LogP) is 3.58. The highest BCUT2D eigenvalue weighted by molar-refractivity contribution is 5.49. The van der Waals surface area contributed by atoms with Crippen molar-refractivity contribution in [3.63, 3.8) is 0 Å². The Morgan fingerprint density at radius 1 is 0.926 bits per heavy atom. The summed E-state index contributed by atoms with van der Waals surface area (Å²) in [5.41, 5.74) is 0.960. The number of rotatable bonds is 5. The van der Waals surface area contributed by atoms with Crippen molar-refractivity contribution in [1.82, 2.24) is 9.80 Å². The fourth-order valence-corrected chi connectivity index (χ4v) is 4.43.